The Bertz CT molecular complexity index is 1590. The van der Waals surface area contributed by atoms with Gasteiger partial charge in [0.1, 0.15) is 5.82 Å². The van der Waals surface area contributed by atoms with Crippen LogP contribution in [0.15, 0.2) is 91.0 Å². The van der Waals surface area contributed by atoms with Crippen molar-refractivity contribution in [2.45, 2.75) is 33.4 Å². The fraction of sp³-hybridized carbons (Fsp3) is 0.156. The van der Waals surface area contributed by atoms with E-state index in [1.807, 2.05) is 31.2 Å². The van der Waals surface area contributed by atoms with Crippen LogP contribution in [0, 0.1) is 19.7 Å². The third-order valence-electron chi connectivity index (χ3n) is 7.08. The third-order valence-corrected chi connectivity index (χ3v) is 7.41. The Morgan fingerprint density at radius 1 is 0.919 bits per heavy atom. The number of carbonyl (C=O) groups is 1. The van der Waals surface area contributed by atoms with E-state index in [0.717, 1.165) is 23.0 Å². The molecule has 0 fully saturated rings. The highest BCUT2D eigenvalue weighted by Crippen LogP contribution is 2.29. The van der Waals surface area contributed by atoms with E-state index in [4.69, 9.17) is 11.6 Å². The lowest BCUT2D eigenvalue weighted by molar-refractivity contribution is 0.0940. The molecular formula is C32H28ClFN2O. The fourth-order valence-electron chi connectivity index (χ4n) is 4.82. The quantitative estimate of drug-likeness (QED) is 0.245. The molecule has 1 N–H and O–H groups in total. The first kappa shape index (κ1) is 24.8. The Morgan fingerprint density at radius 3 is 2.32 bits per heavy atom. The summed E-state index contributed by atoms with van der Waals surface area (Å²) in [6.45, 7) is 6.79. The minimum absolute atomic E-state index is 0.198. The molecule has 186 valence electrons. The molecule has 5 rings (SSSR count). The van der Waals surface area contributed by atoms with Gasteiger partial charge in [-0.3, -0.25) is 4.79 Å². The molecule has 0 unspecified atom stereocenters. The number of aryl methyl sites for hydroxylation is 1. The van der Waals surface area contributed by atoms with Crippen LogP contribution in [-0.4, -0.2) is 10.5 Å². The lowest BCUT2D eigenvalue weighted by Gasteiger charge is -2.16. The molecule has 0 aliphatic carbocycles. The van der Waals surface area contributed by atoms with Gasteiger partial charge in [0.15, 0.2) is 0 Å². The highest BCUT2D eigenvalue weighted by Gasteiger charge is 2.17. The van der Waals surface area contributed by atoms with Crippen molar-refractivity contribution in [1.29, 1.82) is 0 Å². The topological polar surface area (TPSA) is 34.0 Å². The lowest BCUT2D eigenvalue weighted by atomic mass is 10.0. The summed E-state index contributed by atoms with van der Waals surface area (Å²) in [6, 6.07) is 28.7. The maximum atomic E-state index is 13.4. The second-order valence-electron chi connectivity index (χ2n) is 9.45. The number of hydrogen-bond donors (Lipinski definition) is 1. The van der Waals surface area contributed by atoms with E-state index in [0.29, 0.717) is 16.1 Å². The molecule has 3 nitrogen and oxygen atoms in total. The summed E-state index contributed by atoms with van der Waals surface area (Å²) < 4.78 is 15.7. The van der Waals surface area contributed by atoms with Gasteiger partial charge in [0.05, 0.1) is 6.04 Å². The molecule has 5 aromatic rings. The second kappa shape index (κ2) is 10.2. The van der Waals surface area contributed by atoms with Gasteiger partial charge in [-0.1, -0.05) is 72.3 Å². The van der Waals surface area contributed by atoms with Gasteiger partial charge in [0.25, 0.3) is 5.91 Å². The number of aromatic nitrogens is 1. The fourth-order valence-corrected chi connectivity index (χ4v) is 5.15. The van der Waals surface area contributed by atoms with Crippen molar-refractivity contribution in [2.24, 2.45) is 0 Å². The monoisotopic (exact) mass is 510 g/mol. The highest BCUT2D eigenvalue weighted by molar-refractivity contribution is 6.31. The van der Waals surface area contributed by atoms with Gasteiger partial charge in [-0.05, 0) is 78.9 Å². The van der Waals surface area contributed by atoms with Crippen LogP contribution < -0.4 is 5.32 Å². The first-order valence-corrected chi connectivity index (χ1v) is 12.7. The van der Waals surface area contributed by atoms with Crippen molar-refractivity contribution in [2.75, 3.05) is 0 Å². The van der Waals surface area contributed by atoms with E-state index < -0.39 is 5.82 Å². The zero-order valence-electron chi connectivity index (χ0n) is 21.1. The highest BCUT2D eigenvalue weighted by atomic mass is 35.5. The molecule has 0 saturated carbocycles. The molecule has 1 amide bonds. The lowest BCUT2D eigenvalue weighted by Crippen LogP contribution is -2.26. The average Bonchev–Trinajstić information content (AvgIpc) is 3.13. The van der Waals surface area contributed by atoms with Gasteiger partial charge in [-0.2, -0.15) is 0 Å². The minimum Gasteiger partial charge on any atom is -0.345 e. The number of benzene rings is 4. The minimum atomic E-state index is -0.403. The molecular weight excluding hydrogens is 483 g/mol. The summed E-state index contributed by atoms with van der Waals surface area (Å²) in [5, 5.41) is 4.33. The number of nitrogens with zero attached hydrogens (tertiary/aromatic N) is 1. The summed E-state index contributed by atoms with van der Waals surface area (Å²) in [5.74, 6) is -0.601. The molecule has 4 aromatic carbocycles. The summed E-state index contributed by atoms with van der Waals surface area (Å²) in [4.78, 5) is 13.1. The van der Waals surface area contributed by atoms with Gasteiger partial charge in [0, 0.05) is 33.7 Å². The van der Waals surface area contributed by atoms with Gasteiger partial charge in [-0.25, -0.2) is 4.39 Å². The normalized spacial score (nSPS) is 12.0. The molecule has 1 heterocycles. The molecule has 5 heteroatoms. The van der Waals surface area contributed by atoms with Crippen LogP contribution in [0.4, 0.5) is 4.39 Å². The van der Waals surface area contributed by atoms with Gasteiger partial charge in [0.2, 0.25) is 0 Å². The van der Waals surface area contributed by atoms with Crippen molar-refractivity contribution in [3.8, 4) is 11.1 Å². The second-order valence-corrected chi connectivity index (χ2v) is 9.86. The molecule has 0 radical (unpaired) electrons. The summed E-state index contributed by atoms with van der Waals surface area (Å²) in [7, 11) is 0. The zero-order valence-corrected chi connectivity index (χ0v) is 21.8. The Kier molecular flexibility index (Phi) is 6.86. The number of nitrogens with one attached hydrogen (secondary N) is 1. The molecule has 0 bridgehead atoms. The van der Waals surface area contributed by atoms with E-state index in [-0.39, 0.29) is 11.9 Å². The van der Waals surface area contributed by atoms with E-state index in [2.05, 4.69) is 72.3 Å². The van der Waals surface area contributed by atoms with Crippen molar-refractivity contribution in [3.05, 3.63) is 130 Å². The Labute approximate surface area is 221 Å². The standard InChI is InChI=1S/C32H28ClFN2O/c1-20-22(3)36(19-23-9-11-25(12-10-23)24-7-5-4-6-8-24)31-16-13-26(17-29(20)31)32(37)35-21(2)28-15-14-27(34)18-30(28)33/h4-18,21H,19H2,1-3H3,(H,35,37)/t21-/m0/s1. The first-order chi connectivity index (χ1) is 17.8. The predicted octanol–water partition coefficient (Wildman–Crippen LogP) is 8.26. The molecule has 0 spiro atoms. The smallest absolute Gasteiger partial charge is 0.251 e. The molecule has 0 aliphatic heterocycles. The Hall–Kier alpha value is -3.89. The number of carbonyl (C=O) groups excluding carboxylic acids is 1. The number of hydrogen-bond acceptors (Lipinski definition) is 1. The largest absolute Gasteiger partial charge is 0.345 e. The van der Waals surface area contributed by atoms with Gasteiger partial charge < -0.3 is 9.88 Å². The Morgan fingerprint density at radius 2 is 1.62 bits per heavy atom. The molecule has 0 saturated heterocycles. The van der Waals surface area contributed by atoms with Crippen LogP contribution in [0.25, 0.3) is 22.0 Å². The summed E-state index contributed by atoms with van der Waals surface area (Å²) >= 11 is 6.19. The van der Waals surface area contributed by atoms with E-state index in [1.165, 1.54) is 34.5 Å². The van der Waals surface area contributed by atoms with Crippen molar-refractivity contribution in [3.63, 3.8) is 0 Å². The Balaban J connectivity index is 1.38. The molecule has 0 aliphatic rings. The predicted molar refractivity (Wildman–Crippen MR) is 150 cm³/mol. The summed E-state index contributed by atoms with van der Waals surface area (Å²) in [5.41, 5.74) is 8.28. The number of fused-ring (bicyclic) bond motifs is 1. The van der Waals surface area contributed by atoms with Crippen LogP contribution in [-0.2, 0) is 6.54 Å². The van der Waals surface area contributed by atoms with Crippen LogP contribution in [0.5, 0.6) is 0 Å². The zero-order chi connectivity index (χ0) is 26.1. The van der Waals surface area contributed by atoms with Crippen LogP contribution in [0.1, 0.15) is 45.7 Å². The van der Waals surface area contributed by atoms with Crippen LogP contribution in [0.2, 0.25) is 5.02 Å². The molecule has 1 atom stereocenters. The van der Waals surface area contributed by atoms with Crippen LogP contribution >= 0.6 is 11.6 Å². The van der Waals surface area contributed by atoms with Crippen molar-refractivity contribution >= 4 is 28.4 Å². The van der Waals surface area contributed by atoms with Crippen molar-refractivity contribution in [1.82, 2.24) is 9.88 Å². The van der Waals surface area contributed by atoms with Crippen LogP contribution in [0.3, 0.4) is 0 Å². The SMILES string of the molecule is Cc1c(C)n(Cc2ccc(-c3ccccc3)cc2)c2ccc(C(=O)N[C@@H](C)c3ccc(F)cc3Cl)cc12. The maximum absolute atomic E-state index is 13.4. The number of amides is 1. The van der Waals surface area contributed by atoms with Gasteiger partial charge >= 0.3 is 0 Å². The maximum Gasteiger partial charge on any atom is 0.251 e. The number of rotatable bonds is 6. The summed E-state index contributed by atoms with van der Waals surface area (Å²) in [6.07, 6.45) is 0. The number of halogens is 2. The average molecular weight is 511 g/mol. The van der Waals surface area contributed by atoms with E-state index in [1.54, 1.807) is 6.07 Å². The van der Waals surface area contributed by atoms with E-state index in [9.17, 15) is 9.18 Å². The molecule has 37 heavy (non-hydrogen) atoms. The first-order valence-electron chi connectivity index (χ1n) is 12.3. The van der Waals surface area contributed by atoms with E-state index >= 15 is 0 Å². The van der Waals surface area contributed by atoms with Gasteiger partial charge in [-0.15, -0.1) is 0 Å². The molecule has 1 aromatic heterocycles. The third kappa shape index (κ3) is 5.03. The van der Waals surface area contributed by atoms with Crippen molar-refractivity contribution < 1.29 is 9.18 Å².